The van der Waals surface area contributed by atoms with Gasteiger partial charge in [-0.1, -0.05) is 0 Å². The number of nitrogens with zero attached hydrogens (tertiary/aromatic N) is 4. The molecule has 2 unspecified atom stereocenters. The van der Waals surface area contributed by atoms with Gasteiger partial charge in [0.2, 0.25) is 10.0 Å². The number of hydrogen-bond acceptors (Lipinski definition) is 6. The molecule has 1 N–H and O–H groups in total. The third kappa shape index (κ3) is 4.87. The van der Waals surface area contributed by atoms with E-state index in [2.05, 4.69) is 10.4 Å². The molecule has 30 heavy (non-hydrogen) atoms. The Bertz CT molecular complexity index is 1050. The highest BCUT2D eigenvalue weighted by atomic mass is 32.2. The number of morpholine rings is 1. The van der Waals surface area contributed by atoms with Gasteiger partial charge in [-0.2, -0.15) is 14.7 Å². The summed E-state index contributed by atoms with van der Waals surface area (Å²) in [7, 11) is -3.67. The second-order valence-corrected chi connectivity index (χ2v) is 9.30. The number of aryl methyl sites for hydroxylation is 2. The molecule has 0 saturated carbocycles. The molecule has 3 rings (SSSR count). The van der Waals surface area contributed by atoms with E-state index in [1.807, 2.05) is 19.9 Å². The van der Waals surface area contributed by atoms with Crippen molar-refractivity contribution in [3.63, 3.8) is 0 Å². The zero-order valence-electron chi connectivity index (χ0n) is 17.2. The normalized spacial score (nSPS) is 19.9. The Morgan fingerprint density at radius 3 is 2.50 bits per heavy atom. The SMILES string of the molecule is Cc1cc(NC(=O)c2ccc(S(=O)(=O)N3CC(C)OC(C)C3)cc2)n(CCC#N)n1. The number of sulfonamides is 1. The number of nitriles is 1. The van der Waals surface area contributed by atoms with E-state index >= 15 is 0 Å². The van der Waals surface area contributed by atoms with Crippen LogP contribution in [0.25, 0.3) is 0 Å². The van der Waals surface area contributed by atoms with Crippen LogP contribution in [0, 0.1) is 18.3 Å². The number of amides is 1. The largest absolute Gasteiger partial charge is 0.373 e. The maximum Gasteiger partial charge on any atom is 0.256 e. The molecule has 0 bridgehead atoms. The van der Waals surface area contributed by atoms with Gasteiger partial charge in [0, 0.05) is 24.7 Å². The van der Waals surface area contributed by atoms with Gasteiger partial charge >= 0.3 is 0 Å². The van der Waals surface area contributed by atoms with E-state index in [0.29, 0.717) is 31.0 Å². The smallest absolute Gasteiger partial charge is 0.256 e. The predicted molar refractivity (Wildman–Crippen MR) is 110 cm³/mol. The van der Waals surface area contributed by atoms with Gasteiger partial charge < -0.3 is 10.1 Å². The fraction of sp³-hybridized carbons (Fsp3) is 0.450. The Labute approximate surface area is 176 Å². The average Bonchev–Trinajstić information content (AvgIpc) is 3.04. The lowest BCUT2D eigenvalue weighted by Crippen LogP contribution is -2.48. The van der Waals surface area contributed by atoms with Crippen LogP contribution in [0.5, 0.6) is 0 Å². The van der Waals surface area contributed by atoms with E-state index < -0.39 is 10.0 Å². The summed E-state index contributed by atoms with van der Waals surface area (Å²) in [6.07, 6.45) is -0.0826. The molecule has 0 aliphatic carbocycles. The fourth-order valence-electron chi connectivity index (χ4n) is 3.42. The highest BCUT2D eigenvalue weighted by Crippen LogP contribution is 2.22. The maximum absolute atomic E-state index is 12.9. The first-order valence-corrected chi connectivity index (χ1v) is 11.1. The first kappa shape index (κ1) is 22.0. The number of anilines is 1. The molecule has 2 aromatic rings. The van der Waals surface area contributed by atoms with E-state index in [0.717, 1.165) is 5.69 Å². The second kappa shape index (κ2) is 8.95. The summed E-state index contributed by atoms with van der Waals surface area (Å²) in [5.74, 6) is 0.103. The van der Waals surface area contributed by atoms with E-state index in [1.165, 1.54) is 28.6 Å². The number of benzene rings is 1. The van der Waals surface area contributed by atoms with Crippen LogP contribution < -0.4 is 5.32 Å². The highest BCUT2D eigenvalue weighted by molar-refractivity contribution is 7.89. The summed E-state index contributed by atoms with van der Waals surface area (Å²) in [6, 6.07) is 9.61. The molecule has 160 valence electrons. The molecule has 1 saturated heterocycles. The van der Waals surface area contributed by atoms with Crippen molar-refractivity contribution in [2.45, 2.75) is 50.8 Å². The Kier molecular flexibility index (Phi) is 6.55. The minimum Gasteiger partial charge on any atom is -0.373 e. The minimum atomic E-state index is -3.67. The van der Waals surface area contributed by atoms with Gasteiger partial charge in [0.15, 0.2) is 0 Å². The van der Waals surface area contributed by atoms with Crippen LogP contribution in [0.2, 0.25) is 0 Å². The van der Waals surface area contributed by atoms with Crippen LogP contribution in [0.15, 0.2) is 35.2 Å². The lowest BCUT2D eigenvalue weighted by atomic mass is 10.2. The third-order valence-corrected chi connectivity index (χ3v) is 6.57. The average molecular weight is 432 g/mol. The number of ether oxygens (including phenoxy) is 1. The van der Waals surface area contributed by atoms with Crippen LogP contribution in [0.4, 0.5) is 5.82 Å². The van der Waals surface area contributed by atoms with Crippen molar-refractivity contribution in [2.24, 2.45) is 0 Å². The Morgan fingerprint density at radius 1 is 1.27 bits per heavy atom. The molecule has 0 radical (unpaired) electrons. The standard InChI is InChI=1S/C20H25N5O4S/c1-14-11-19(25(23-14)10-4-9-21)22-20(26)17-5-7-18(8-6-17)30(27,28)24-12-15(2)29-16(3)13-24/h5-8,11,15-16H,4,10,12-13H2,1-3H3,(H,22,26). The molecular formula is C20H25N5O4S. The van der Waals surface area contributed by atoms with Gasteiger partial charge in [0.1, 0.15) is 5.82 Å². The molecule has 1 fully saturated rings. The van der Waals surface area contributed by atoms with Gasteiger partial charge in [-0.15, -0.1) is 0 Å². The maximum atomic E-state index is 12.9. The molecule has 2 heterocycles. The van der Waals surface area contributed by atoms with Crippen LogP contribution >= 0.6 is 0 Å². The summed E-state index contributed by atoms with van der Waals surface area (Å²) in [4.78, 5) is 12.7. The van der Waals surface area contributed by atoms with Crippen LogP contribution in [-0.2, 0) is 21.3 Å². The van der Waals surface area contributed by atoms with Crippen LogP contribution in [0.1, 0.15) is 36.3 Å². The van der Waals surface area contributed by atoms with Crippen LogP contribution in [0.3, 0.4) is 0 Å². The Hall–Kier alpha value is -2.74. The molecule has 10 heteroatoms. The first-order valence-electron chi connectivity index (χ1n) is 9.69. The van der Waals surface area contributed by atoms with Crippen LogP contribution in [-0.4, -0.2) is 53.7 Å². The molecule has 1 aromatic carbocycles. The number of aromatic nitrogens is 2. The van der Waals surface area contributed by atoms with E-state index in [-0.39, 0.29) is 29.4 Å². The van der Waals surface area contributed by atoms with Crippen molar-refractivity contribution >= 4 is 21.7 Å². The zero-order valence-corrected chi connectivity index (χ0v) is 18.0. The molecule has 0 spiro atoms. The Morgan fingerprint density at radius 2 is 1.90 bits per heavy atom. The van der Waals surface area contributed by atoms with Crippen molar-refractivity contribution in [1.29, 1.82) is 5.26 Å². The van der Waals surface area contributed by atoms with Gasteiger partial charge in [-0.25, -0.2) is 13.1 Å². The van der Waals surface area contributed by atoms with E-state index in [9.17, 15) is 13.2 Å². The van der Waals surface area contributed by atoms with Crippen molar-refractivity contribution in [2.75, 3.05) is 18.4 Å². The molecule has 1 aliphatic rings. The first-order chi connectivity index (χ1) is 14.2. The summed E-state index contributed by atoms with van der Waals surface area (Å²) < 4.78 is 34.4. The molecule has 1 amide bonds. The topological polar surface area (TPSA) is 117 Å². The summed E-state index contributed by atoms with van der Waals surface area (Å²) in [5, 5.41) is 15.8. The molecular weight excluding hydrogens is 406 g/mol. The van der Waals surface area contributed by atoms with Crippen molar-refractivity contribution in [3.8, 4) is 6.07 Å². The number of carbonyl (C=O) groups is 1. The van der Waals surface area contributed by atoms with Gasteiger partial charge in [-0.3, -0.25) is 4.79 Å². The van der Waals surface area contributed by atoms with Gasteiger partial charge in [0.25, 0.3) is 5.91 Å². The minimum absolute atomic E-state index is 0.134. The quantitative estimate of drug-likeness (QED) is 0.749. The number of nitrogens with one attached hydrogen (secondary N) is 1. The molecule has 9 nitrogen and oxygen atoms in total. The van der Waals surface area contributed by atoms with Gasteiger partial charge in [-0.05, 0) is 45.0 Å². The number of hydrogen-bond donors (Lipinski definition) is 1. The third-order valence-electron chi connectivity index (χ3n) is 4.72. The second-order valence-electron chi connectivity index (χ2n) is 7.36. The lowest BCUT2D eigenvalue weighted by Gasteiger charge is -2.34. The monoisotopic (exact) mass is 431 g/mol. The van der Waals surface area contributed by atoms with E-state index in [4.69, 9.17) is 10.00 Å². The number of rotatable bonds is 6. The highest BCUT2D eigenvalue weighted by Gasteiger charge is 2.32. The van der Waals surface area contributed by atoms with Crippen molar-refractivity contribution < 1.29 is 17.9 Å². The van der Waals surface area contributed by atoms with Crippen molar-refractivity contribution in [1.82, 2.24) is 14.1 Å². The van der Waals surface area contributed by atoms with Crippen molar-refractivity contribution in [3.05, 3.63) is 41.6 Å². The fourth-order valence-corrected chi connectivity index (χ4v) is 5.01. The summed E-state index contributed by atoms with van der Waals surface area (Å²) in [5.41, 5.74) is 1.04. The lowest BCUT2D eigenvalue weighted by molar-refractivity contribution is -0.0440. The van der Waals surface area contributed by atoms with E-state index in [1.54, 1.807) is 17.7 Å². The van der Waals surface area contributed by atoms with Gasteiger partial charge in [0.05, 0.1) is 41.8 Å². The zero-order chi connectivity index (χ0) is 21.9. The summed E-state index contributed by atoms with van der Waals surface area (Å²) in [6.45, 7) is 6.43. The Balaban J connectivity index is 1.74. The molecule has 2 atom stereocenters. The summed E-state index contributed by atoms with van der Waals surface area (Å²) >= 11 is 0. The predicted octanol–water partition coefficient (Wildman–Crippen LogP) is 2.16. The molecule has 1 aromatic heterocycles. The number of carbonyl (C=O) groups excluding carboxylic acids is 1. The molecule has 1 aliphatic heterocycles.